The molecule has 0 radical (unpaired) electrons. The number of hydrogen-bond acceptors (Lipinski definition) is 6. The van der Waals surface area contributed by atoms with Crippen LogP contribution in [0.25, 0.3) is 11.4 Å². The summed E-state index contributed by atoms with van der Waals surface area (Å²) >= 11 is 0. The van der Waals surface area contributed by atoms with E-state index in [0.717, 1.165) is 43.4 Å². The minimum absolute atomic E-state index is 0.0158. The van der Waals surface area contributed by atoms with E-state index in [2.05, 4.69) is 19.8 Å². The Labute approximate surface area is 167 Å². The van der Waals surface area contributed by atoms with Crippen molar-refractivity contribution in [1.29, 1.82) is 0 Å². The van der Waals surface area contributed by atoms with Gasteiger partial charge in [0.25, 0.3) is 5.69 Å². The van der Waals surface area contributed by atoms with Gasteiger partial charge in [0.15, 0.2) is 5.82 Å². The van der Waals surface area contributed by atoms with Crippen molar-refractivity contribution < 1.29 is 9.31 Å². The first kappa shape index (κ1) is 18.8. The van der Waals surface area contributed by atoms with Gasteiger partial charge in [0.1, 0.15) is 11.6 Å². The summed E-state index contributed by atoms with van der Waals surface area (Å²) in [7, 11) is 0. The lowest BCUT2D eigenvalue weighted by molar-refractivity contribution is -0.384. The van der Waals surface area contributed by atoms with E-state index in [4.69, 9.17) is 0 Å². The predicted octanol–water partition coefficient (Wildman–Crippen LogP) is 3.83. The summed E-state index contributed by atoms with van der Waals surface area (Å²) in [6.45, 7) is 5.01. The lowest BCUT2D eigenvalue weighted by Gasteiger charge is -2.36. The smallest absolute Gasteiger partial charge is 0.270 e. The third-order valence-electron chi connectivity index (χ3n) is 4.95. The molecule has 0 saturated carbocycles. The molecule has 2 heterocycles. The van der Waals surface area contributed by atoms with Gasteiger partial charge in [-0.3, -0.25) is 10.1 Å². The van der Waals surface area contributed by atoms with Gasteiger partial charge in [-0.1, -0.05) is 12.1 Å². The normalized spacial score (nSPS) is 14.1. The Bertz CT molecular complexity index is 1030. The standard InChI is InChI=1S/C21H20FN5O2/c1-15-13-20(24-21(23-15)16-3-2-4-19(14-16)27(28)29)26-11-9-25(10-12-26)18-7-5-17(22)6-8-18/h2-8,13-14H,9-12H2,1H3. The first-order chi connectivity index (χ1) is 14.0. The summed E-state index contributed by atoms with van der Waals surface area (Å²) in [5, 5.41) is 11.1. The van der Waals surface area contributed by atoms with Crippen molar-refractivity contribution in [1.82, 2.24) is 9.97 Å². The SMILES string of the molecule is Cc1cc(N2CCN(c3ccc(F)cc3)CC2)nc(-c2cccc([N+](=O)[O-])c2)n1. The van der Waals surface area contributed by atoms with E-state index < -0.39 is 4.92 Å². The van der Waals surface area contributed by atoms with E-state index in [1.165, 1.54) is 24.3 Å². The number of aromatic nitrogens is 2. The molecule has 29 heavy (non-hydrogen) atoms. The van der Waals surface area contributed by atoms with Gasteiger partial charge in [-0.15, -0.1) is 0 Å². The van der Waals surface area contributed by atoms with E-state index in [9.17, 15) is 14.5 Å². The molecule has 0 spiro atoms. The predicted molar refractivity (Wildman–Crippen MR) is 110 cm³/mol. The highest BCUT2D eigenvalue weighted by atomic mass is 19.1. The van der Waals surface area contributed by atoms with E-state index in [1.54, 1.807) is 24.3 Å². The molecule has 0 aliphatic carbocycles. The number of anilines is 2. The van der Waals surface area contributed by atoms with Crippen molar-refractivity contribution in [3.05, 3.63) is 76.2 Å². The molecule has 0 atom stereocenters. The van der Waals surface area contributed by atoms with Gasteiger partial charge in [0, 0.05) is 61.3 Å². The number of benzene rings is 2. The molecule has 3 aromatic rings. The van der Waals surface area contributed by atoms with Crippen LogP contribution in [0.5, 0.6) is 0 Å². The molecule has 1 aliphatic rings. The van der Waals surface area contributed by atoms with E-state index in [1.807, 2.05) is 13.0 Å². The number of halogens is 1. The second kappa shape index (κ2) is 7.83. The van der Waals surface area contributed by atoms with E-state index in [0.29, 0.717) is 11.4 Å². The zero-order valence-corrected chi connectivity index (χ0v) is 16.0. The summed E-state index contributed by atoms with van der Waals surface area (Å²) in [4.78, 5) is 24.2. The molecular weight excluding hydrogens is 373 g/mol. The van der Waals surface area contributed by atoms with Crippen molar-refractivity contribution in [2.24, 2.45) is 0 Å². The Hall–Kier alpha value is -3.55. The molecule has 148 valence electrons. The number of piperazine rings is 1. The molecule has 4 rings (SSSR count). The fourth-order valence-electron chi connectivity index (χ4n) is 3.45. The van der Waals surface area contributed by atoms with Crippen LogP contribution in [-0.2, 0) is 0 Å². The van der Waals surface area contributed by atoms with Crippen molar-refractivity contribution in [2.45, 2.75) is 6.92 Å². The molecule has 1 fully saturated rings. The topological polar surface area (TPSA) is 75.4 Å². The van der Waals surface area contributed by atoms with Gasteiger partial charge < -0.3 is 9.80 Å². The molecule has 1 aliphatic heterocycles. The number of hydrogen-bond donors (Lipinski definition) is 0. The van der Waals surface area contributed by atoms with Crippen LogP contribution < -0.4 is 9.80 Å². The zero-order valence-electron chi connectivity index (χ0n) is 16.0. The summed E-state index contributed by atoms with van der Waals surface area (Å²) in [5.41, 5.74) is 2.44. The Morgan fingerprint density at radius 2 is 1.66 bits per heavy atom. The third kappa shape index (κ3) is 4.16. The molecule has 0 unspecified atom stereocenters. The van der Waals surface area contributed by atoms with Crippen molar-refractivity contribution in [2.75, 3.05) is 36.0 Å². The summed E-state index contributed by atoms with van der Waals surface area (Å²) in [6, 6.07) is 14.8. The number of non-ortho nitro benzene ring substituents is 1. The molecule has 1 saturated heterocycles. The number of nitrogens with zero attached hydrogens (tertiary/aromatic N) is 5. The number of rotatable bonds is 4. The molecule has 0 bridgehead atoms. The minimum Gasteiger partial charge on any atom is -0.368 e. The van der Waals surface area contributed by atoms with E-state index >= 15 is 0 Å². The Kier molecular flexibility index (Phi) is 5.07. The molecule has 2 aromatic carbocycles. The monoisotopic (exact) mass is 393 g/mol. The molecule has 1 aromatic heterocycles. The Balaban J connectivity index is 1.53. The van der Waals surface area contributed by atoms with Gasteiger partial charge >= 0.3 is 0 Å². The van der Waals surface area contributed by atoms with Crippen LogP contribution >= 0.6 is 0 Å². The first-order valence-corrected chi connectivity index (χ1v) is 9.35. The van der Waals surface area contributed by atoms with Crippen LogP contribution in [-0.4, -0.2) is 41.1 Å². The van der Waals surface area contributed by atoms with Gasteiger partial charge in [-0.05, 0) is 31.2 Å². The fourth-order valence-corrected chi connectivity index (χ4v) is 3.45. The Morgan fingerprint density at radius 3 is 2.34 bits per heavy atom. The quantitative estimate of drug-likeness (QED) is 0.495. The minimum atomic E-state index is -0.422. The summed E-state index contributed by atoms with van der Waals surface area (Å²) < 4.78 is 13.1. The zero-order chi connectivity index (χ0) is 20.4. The van der Waals surface area contributed by atoms with Gasteiger partial charge in [0.2, 0.25) is 0 Å². The highest BCUT2D eigenvalue weighted by Crippen LogP contribution is 2.25. The molecule has 8 heteroatoms. The van der Waals surface area contributed by atoms with Crippen LogP contribution in [0.4, 0.5) is 21.6 Å². The molecular formula is C21H20FN5O2. The van der Waals surface area contributed by atoms with Crippen molar-refractivity contribution in [3.63, 3.8) is 0 Å². The van der Waals surface area contributed by atoms with Gasteiger partial charge in [-0.2, -0.15) is 0 Å². The maximum absolute atomic E-state index is 13.1. The number of nitro groups is 1. The number of nitro benzene ring substituents is 1. The second-order valence-corrected chi connectivity index (χ2v) is 6.95. The number of aryl methyl sites for hydroxylation is 1. The van der Waals surface area contributed by atoms with E-state index in [-0.39, 0.29) is 11.5 Å². The maximum Gasteiger partial charge on any atom is 0.270 e. The van der Waals surface area contributed by atoms with Crippen LogP contribution in [0.15, 0.2) is 54.6 Å². The van der Waals surface area contributed by atoms with Crippen LogP contribution in [0, 0.1) is 22.9 Å². The van der Waals surface area contributed by atoms with Crippen molar-refractivity contribution in [3.8, 4) is 11.4 Å². The van der Waals surface area contributed by atoms with Crippen LogP contribution in [0.3, 0.4) is 0 Å². The van der Waals surface area contributed by atoms with Gasteiger partial charge in [-0.25, -0.2) is 14.4 Å². The average Bonchev–Trinajstić information content (AvgIpc) is 2.74. The molecule has 0 N–H and O–H groups in total. The largest absolute Gasteiger partial charge is 0.368 e. The highest BCUT2D eigenvalue weighted by molar-refractivity contribution is 5.61. The lowest BCUT2D eigenvalue weighted by atomic mass is 10.2. The third-order valence-corrected chi connectivity index (χ3v) is 4.95. The Morgan fingerprint density at radius 1 is 0.966 bits per heavy atom. The average molecular weight is 393 g/mol. The van der Waals surface area contributed by atoms with Gasteiger partial charge in [0.05, 0.1) is 4.92 Å². The summed E-state index contributed by atoms with van der Waals surface area (Å²) in [6.07, 6.45) is 0. The highest BCUT2D eigenvalue weighted by Gasteiger charge is 2.20. The molecule has 7 nitrogen and oxygen atoms in total. The van der Waals surface area contributed by atoms with Crippen LogP contribution in [0.2, 0.25) is 0 Å². The summed E-state index contributed by atoms with van der Waals surface area (Å²) in [5.74, 6) is 1.04. The fraction of sp³-hybridized carbons (Fsp3) is 0.238. The maximum atomic E-state index is 13.1. The lowest BCUT2D eigenvalue weighted by Crippen LogP contribution is -2.46. The van der Waals surface area contributed by atoms with Crippen molar-refractivity contribution >= 4 is 17.2 Å². The van der Waals surface area contributed by atoms with Crippen LogP contribution in [0.1, 0.15) is 5.69 Å². The molecule has 0 amide bonds. The second-order valence-electron chi connectivity index (χ2n) is 6.95. The first-order valence-electron chi connectivity index (χ1n) is 9.35.